The number of non-ortho nitro benzene ring substituents is 2. The van der Waals surface area contributed by atoms with E-state index in [-0.39, 0.29) is 29.0 Å². The van der Waals surface area contributed by atoms with Crippen LogP contribution in [0.1, 0.15) is 13.8 Å². The first-order valence-corrected chi connectivity index (χ1v) is 12.7. The molecule has 0 saturated heterocycles. The fourth-order valence-electron chi connectivity index (χ4n) is 1.77. The van der Waals surface area contributed by atoms with Gasteiger partial charge < -0.3 is 14.2 Å². The summed E-state index contributed by atoms with van der Waals surface area (Å²) in [6.07, 6.45) is -0.154. The first kappa shape index (κ1) is 26.7. The number of phosphoric acid groups is 1. The van der Waals surface area contributed by atoms with Crippen LogP contribution in [0.15, 0.2) is 48.5 Å². The van der Waals surface area contributed by atoms with Crippen LogP contribution < -0.4 is 9.05 Å². The molecular formula is C17H21N2O9PS2. The highest BCUT2D eigenvalue weighted by molar-refractivity contribution is 8.76. The third-order valence-corrected chi connectivity index (χ3v) is 6.57. The third-order valence-electron chi connectivity index (χ3n) is 3.05. The second-order valence-corrected chi connectivity index (χ2v) is 9.79. The smallest absolute Gasteiger partial charge is 0.395 e. The molecule has 0 aliphatic carbocycles. The van der Waals surface area contributed by atoms with Gasteiger partial charge in [0.2, 0.25) is 0 Å². The summed E-state index contributed by atoms with van der Waals surface area (Å²) in [7, 11) is -1.03. The summed E-state index contributed by atoms with van der Waals surface area (Å²) in [4.78, 5) is 29.4. The molecule has 0 aromatic heterocycles. The topological polar surface area (TPSA) is 162 Å². The second kappa shape index (κ2) is 13.2. The number of nitrogens with zero attached hydrogens (tertiary/aromatic N) is 2. The van der Waals surface area contributed by atoms with Gasteiger partial charge in [-0.05, 0) is 31.2 Å². The van der Waals surface area contributed by atoms with Gasteiger partial charge in [0.1, 0.15) is 11.5 Å². The Morgan fingerprint density at radius 2 is 1.32 bits per heavy atom. The lowest BCUT2D eigenvalue weighted by molar-refractivity contribution is -0.385. The van der Waals surface area contributed by atoms with Crippen molar-refractivity contribution in [1.29, 1.82) is 0 Å². The maximum Gasteiger partial charge on any atom is 0.584 e. The van der Waals surface area contributed by atoms with E-state index in [0.29, 0.717) is 0 Å². The lowest BCUT2D eigenvalue weighted by Gasteiger charge is -2.13. The van der Waals surface area contributed by atoms with Gasteiger partial charge in [-0.2, -0.15) is 0 Å². The zero-order chi connectivity index (χ0) is 23.4. The minimum absolute atomic E-state index is 0.108. The van der Waals surface area contributed by atoms with E-state index in [4.69, 9.17) is 14.2 Å². The van der Waals surface area contributed by atoms with Crippen molar-refractivity contribution in [3.63, 3.8) is 0 Å². The summed E-state index contributed by atoms with van der Waals surface area (Å²) in [5.41, 5.74) is -0.414. The number of aliphatic hydroxyl groups is 1. The molecule has 14 heteroatoms. The van der Waals surface area contributed by atoms with Crippen molar-refractivity contribution in [1.82, 2.24) is 0 Å². The SMILES string of the molecule is CCSSCC(C)O.O=[N+]([O-])c1ccc(OP(=O)(O)Oc2ccc([N+](=O)[O-])cc2)cc1. The van der Waals surface area contributed by atoms with E-state index in [2.05, 4.69) is 6.92 Å². The van der Waals surface area contributed by atoms with Gasteiger partial charge in [-0.25, -0.2) is 4.57 Å². The molecule has 0 fully saturated rings. The van der Waals surface area contributed by atoms with Gasteiger partial charge in [-0.15, -0.1) is 0 Å². The van der Waals surface area contributed by atoms with Crippen molar-refractivity contribution in [2.24, 2.45) is 0 Å². The highest BCUT2D eigenvalue weighted by atomic mass is 33.1. The summed E-state index contributed by atoms with van der Waals surface area (Å²) >= 11 is 0. The number of hydrogen-bond acceptors (Lipinski definition) is 10. The summed E-state index contributed by atoms with van der Waals surface area (Å²) in [5, 5.41) is 29.7. The maximum absolute atomic E-state index is 11.8. The molecule has 2 N–H and O–H groups in total. The van der Waals surface area contributed by atoms with Crippen LogP contribution in [0.5, 0.6) is 11.5 Å². The Balaban J connectivity index is 0.000000512. The minimum Gasteiger partial charge on any atom is -0.395 e. The molecule has 0 heterocycles. The third kappa shape index (κ3) is 11.0. The van der Waals surface area contributed by atoms with Crippen LogP contribution >= 0.6 is 29.4 Å². The number of phosphoric ester groups is 1. The van der Waals surface area contributed by atoms with Crippen LogP contribution in [0.3, 0.4) is 0 Å². The summed E-state index contributed by atoms with van der Waals surface area (Å²) < 4.78 is 21.3. The van der Waals surface area contributed by atoms with Crippen LogP contribution in [0, 0.1) is 20.2 Å². The number of hydrogen-bond donors (Lipinski definition) is 2. The standard InChI is InChI=1S/C12H9N2O8P.C5H12OS2/c15-13(16)9-1-5-11(6-2-9)21-23(19,20)22-12-7-3-10(4-8-12)14(17)18;1-3-7-8-4-5(2)6/h1-8H,(H,19,20);5-6H,3-4H2,1-2H3. The fraction of sp³-hybridized carbons (Fsp3) is 0.294. The van der Waals surface area contributed by atoms with Gasteiger partial charge in [-0.3, -0.25) is 25.1 Å². The molecule has 0 amide bonds. The Kier molecular flexibility index (Phi) is 11.4. The second-order valence-electron chi connectivity index (χ2n) is 5.69. The van der Waals surface area contributed by atoms with Crippen LogP contribution in [0.4, 0.5) is 11.4 Å². The molecule has 0 aliphatic rings. The molecule has 11 nitrogen and oxygen atoms in total. The number of aliphatic hydroxyl groups excluding tert-OH is 1. The van der Waals surface area contributed by atoms with Crippen molar-refractivity contribution in [3.8, 4) is 11.5 Å². The monoisotopic (exact) mass is 492 g/mol. The van der Waals surface area contributed by atoms with E-state index in [9.17, 15) is 29.7 Å². The Labute approximate surface area is 186 Å². The van der Waals surface area contributed by atoms with Gasteiger partial charge in [0, 0.05) is 35.8 Å². The molecular weight excluding hydrogens is 471 g/mol. The Hall–Kier alpha value is -2.31. The minimum atomic E-state index is -4.55. The largest absolute Gasteiger partial charge is 0.584 e. The van der Waals surface area contributed by atoms with Crippen molar-refractivity contribution in [2.45, 2.75) is 20.0 Å². The molecule has 1 atom stereocenters. The normalized spacial score (nSPS) is 11.6. The number of nitro benzene ring substituents is 2. The van der Waals surface area contributed by atoms with Crippen LogP contribution in [0.2, 0.25) is 0 Å². The molecule has 31 heavy (non-hydrogen) atoms. The Morgan fingerprint density at radius 1 is 0.935 bits per heavy atom. The van der Waals surface area contributed by atoms with Gasteiger partial charge in [0.05, 0.1) is 16.0 Å². The summed E-state index contributed by atoms with van der Waals surface area (Å²) in [5.74, 6) is 1.75. The number of benzene rings is 2. The average molecular weight is 492 g/mol. The van der Waals surface area contributed by atoms with Crippen molar-refractivity contribution in [3.05, 3.63) is 68.8 Å². The first-order valence-electron chi connectivity index (χ1n) is 8.67. The maximum atomic E-state index is 11.8. The zero-order valence-corrected chi connectivity index (χ0v) is 19.0. The molecule has 0 saturated carbocycles. The predicted molar refractivity (Wildman–Crippen MR) is 120 cm³/mol. The average Bonchev–Trinajstić information content (AvgIpc) is 2.68. The Morgan fingerprint density at radius 3 is 1.61 bits per heavy atom. The van der Waals surface area contributed by atoms with Crippen molar-refractivity contribution < 1.29 is 33.5 Å². The molecule has 2 rings (SSSR count). The van der Waals surface area contributed by atoms with Gasteiger partial charge in [0.15, 0.2) is 0 Å². The van der Waals surface area contributed by atoms with E-state index in [1.54, 1.807) is 21.6 Å². The molecule has 0 bridgehead atoms. The zero-order valence-electron chi connectivity index (χ0n) is 16.5. The van der Waals surface area contributed by atoms with Crippen molar-refractivity contribution >= 4 is 40.8 Å². The van der Waals surface area contributed by atoms with E-state index in [0.717, 1.165) is 60.0 Å². The van der Waals surface area contributed by atoms with E-state index >= 15 is 0 Å². The summed E-state index contributed by atoms with van der Waals surface area (Å²) in [6, 6.07) is 8.95. The van der Waals surface area contributed by atoms with Crippen molar-refractivity contribution in [2.75, 3.05) is 11.5 Å². The lowest BCUT2D eigenvalue weighted by atomic mass is 10.3. The molecule has 0 radical (unpaired) electrons. The molecule has 170 valence electrons. The summed E-state index contributed by atoms with van der Waals surface area (Å²) in [6.45, 7) is 3.92. The van der Waals surface area contributed by atoms with Gasteiger partial charge >= 0.3 is 7.82 Å². The quantitative estimate of drug-likeness (QED) is 0.153. The highest BCUT2D eigenvalue weighted by Gasteiger charge is 2.25. The number of nitro groups is 2. The number of rotatable bonds is 10. The molecule has 0 aliphatic heterocycles. The van der Waals surface area contributed by atoms with Gasteiger partial charge in [-0.1, -0.05) is 28.5 Å². The Bertz CT molecular complexity index is 832. The molecule has 2 aromatic carbocycles. The van der Waals surface area contributed by atoms with Gasteiger partial charge in [0.25, 0.3) is 11.4 Å². The molecule has 2 aromatic rings. The lowest BCUT2D eigenvalue weighted by Crippen LogP contribution is -2.00. The highest BCUT2D eigenvalue weighted by Crippen LogP contribution is 2.44. The molecule has 0 spiro atoms. The van der Waals surface area contributed by atoms with Crippen LogP contribution in [-0.2, 0) is 4.57 Å². The first-order chi connectivity index (χ1) is 14.5. The predicted octanol–water partition coefficient (Wildman–Crippen LogP) is 4.83. The van der Waals surface area contributed by atoms with Crippen LogP contribution in [-0.4, -0.2) is 37.5 Å². The van der Waals surface area contributed by atoms with Crippen LogP contribution in [0.25, 0.3) is 0 Å². The van der Waals surface area contributed by atoms with E-state index < -0.39 is 17.7 Å². The van der Waals surface area contributed by atoms with E-state index in [1.807, 2.05) is 6.92 Å². The molecule has 1 unspecified atom stereocenters. The fourth-order valence-corrected chi connectivity index (χ4v) is 4.43. The van der Waals surface area contributed by atoms with E-state index in [1.165, 1.54) is 0 Å².